The van der Waals surface area contributed by atoms with E-state index in [1.54, 1.807) is 17.7 Å². The zero-order valence-corrected chi connectivity index (χ0v) is 19.6. The molecule has 176 valence electrons. The second kappa shape index (κ2) is 10.7. The van der Waals surface area contributed by atoms with E-state index in [-0.39, 0.29) is 5.56 Å². The summed E-state index contributed by atoms with van der Waals surface area (Å²) >= 11 is 0. The van der Waals surface area contributed by atoms with Crippen LogP contribution in [0.25, 0.3) is 11.4 Å². The first-order chi connectivity index (χ1) is 16.6. The zero-order valence-electron chi connectivity index (χ0n) is 19.6. The number of ether oxygens (including phenoxy) is 2. The SMILES string of the molecule is CCCCc1nc(C)cc(=O)n1Cc1ccc(OCc2cccc(-c3nn[nH]n3)c2OC)cc1. The zero-order chi connectivity index (χ0) is 23.9. The van der Waals surface area contributed by atoms with Crippen LogP contribution in [0.15, 0.2) is 53.3 Å². The summed E-state index contributed by atoms with van der Waals surface area (Å²) in [6.45, 7) is 4.79. The largest absolute Gasteiger partial charge is 0.496 e. The molecule has 0 bridgehead atoms. The molecule has 0 aliphatic rings. The van der Waals surface area contributed by atoms with Crippen molar-refractivity contribution in [2.75, 3.05) is 7.11 Å². The van der Waals surface area contributed by atoms with E-state index in [0.29, 0.717) is 24.7 Å². The van der Waals surface area contributed by atoms with E-state index in [1.165, 1.54) is 0 Å². The molecule has 4 aromatic rings. The smallest absolute Gasteiger partial charge is 0.254 e. The normalized spacial score (nSPS) is 10.9. The average molecular weight is 461 g/mol. The molecule has 0 spiro atoms. The van der Waals surface area contributed by atoms with Gasteiger partial charge in [-0.2, -0.15) is 5.21 Å². The third-order valence-corrected chi connectivity index (χ3v) is 5.51. The lowest BCUT2D eigenvalue weighted by Gasteiger charge is -2.14. The average Bonchev–Trinajstić information content (AvgIpc) is 3.38. The van der Waals surface area contributed by atoms with E-state index < -0.39 is 0 Å². The van der Waals surface area contributed by atoms with Crippen molar-refractivity contribution in [3.8, 4) is 22.9 Å². The van der Waals surface area contributed by atoms with Gasteiger partial charge >= 0.3 is 0 Å². The fourth-order valence-corrected chi connectivity index (χ4v) is 3.80. The first-order valence-electron chi connectivity index (χ1n) is 11.3. The molecule has 34 heavy (non-hydrogen) atoms. The number of nitrogens with one attached hydrogen (secondary N) is 1. The van der Waals surface area contributed by atoms with Gasteiger partial charge < -0.3 is 9.47 Å². The molecule has 0 saturated heterocycles. The maximum absolute atomic E-state index is 12.6. The van der Waals surface area contributed by atoms with Crippen LogP contribution in [-0.2, 0) is 19.6 Å². The Balaban J connectivity index is 1.47. The van der Waals surface area contributed by atoms with Gasteiger partial charge in [0.15, 0.2) is 0 Å². The lowest BCUT2D eigenvalue weighted by molar-refractivity contribution is 0.297. The third kappa shape index (κ3) is 5.31. The summed E-state index contributed by atoms with van der Waals surface area (Å²) in [5.74, 6) is 2.66. The molecule has 0 unspecified atom stereocenters. The van der Waals surface area contributed by atoms with Gasteiger partial charge in [0.2, 0.25) is 5.82 Å². The van der Waals surface area contributed by atoms with Crippen molar-refractivity contribution >= 4 is 0 Å². The topological polar surface area (TPSA) is 108 Å². The van der Waals surface area contributed by atoms with Crippen LogP contribution < -0.4 is 15.0 Å². The lowest BCUT2D eigenvalue weighted by Crippen LogP contribution is -2.25. The molecule has 0 fully saturated rings. The number of H-pyrrole nitrogens is 1. The van der Waals surface area contributed by atoms with Crippen molar-refractivity contribution in [1.82, 2.24) is 30.2 Å². The van der Waals surface area contributed by atoms with Gasteiger partial charge in [0.1, 0.15) is 23.9 Å². The van der Waals surface area contributed by atoms with Crippen LogP contribution in [0.2, 0.25) is 0 Å². The number of nitrogens with zero attached hydrogens (tertiary/aromatic N) is 5. The number of aromatic amines is 1. The van der Waals surface area contributed by atoms with Crippen molar-refractivity contribution in [2.24, 2.45) is 0 Å². The summed E-state index contributed by atoms with van der Waals surface area (Å²) in [5.41, 5.74) is 3.35. The molecular weight excluding hydrogens is 432 g/mol. The van der Waals surface area contributed by atoms with Crippen LogP contribution in [0.5, 0.6) is 11.5 Å². The minimum Gasteiger partial charge on any atom is -0.496 e. The monoisotopic (exact) mass is 460 g/mol. The number of aromatic nitrogens is 6. The third-order valence-electron chi connectivity index (χ3n) is 5.51. The molecule has 0 saturated carbocycles. The molecule has 0 aliphatic carbocycles. The Labute approximate surface area is 197 Å². The molecule has 0 atom stereocenters. The van der Waals surface area contributed by atoms with Crippen LogP contribution in [0.3, 0.4) is 0 Å². The summed E-state index contributed by atoms with van der Waals surface area (Å²) in [4.78, 5) is 17.2. The quantitative estimate of drug-likeness (QED) is 0.384. The van der Waals surface area contributed by atoms with E-state index in [4.69, 9.17) is 9.47 Å². The number of unbranched alkanes of at least 4 members (excludes halogenated alkanes) is 1. The Morgan fingerprint density at radius 2 is 1.94 bits per heavy atom. The van der Waals surface area contributed by atoms with E-state index in [2.05, 4.69) is 32.5 Å². The molecule has 4 rings (SSSR count). The van der Waals surface area contributed by atoms with Crippen LogP contribution >= 0.6 is 0 Å². The summed E-state index contributed by atoms with van der Waals surface area (Å²) < 4.78 is 13.4. The van der Waals surface area contributed by atoms with Gasteiger partial charge in [-0.1, -0.05) is 37.6 Å². The Bertz CT molecular complexity index is 1280. The number of benzene rings is 2. The fraction of sp³-hybridized carbons (Fsp3) is 0.320. The first kappa shape index (κ1) is 23.2. The summed E-state index contributed by atoms with van der Waals surface area (Å²) in [7, 11) is 1.61. The van der Waals surface area contributed by atoms with Gasteiger partial charge in [0.25, 0.3) is 5.56 Å². The van der Waals surface area contributed by atoms with Gasteiger partial charge in [-0.25, -0.2) is 4.98 Å². The molecular formula is C25H28N6O3. The first-order valence-corrected chi connectivity index (χ1v) is 11.3. The molecule has 2 aromatic heterocycles. The second-order valence-corrected chi connectivity index (χ2v) is 8.01. The van der Waals surface area contributed by atoms with Crippen molar-refractivity contribution in [3.05, 3.63) is 81.5 Å². The van der Waals surface area contributed by atoms with Crippen LogP contribution in [-0.4, -0.2) is 37.3 Å². The number of hydrogen-bond acceptors (Lipinski definition) is 7. The molecule has 1 N–H and O–H groups in total. The highest BCUT2D eigenvalue weighted by molar-refractivity contribution is 5.65. The summed E-state index contributed by atoms with van der Waals surface area (Å²) in [6.07, 6.45) is 2.85. The molecule has 0 radical (unpaired) electrons. The van der Waals surface area contributed by atoms with Crippen LogP contribution in [0, 0.1) is 6.92 Å². The summed E-state index contributed by atoms with van der Waals surface area (Å²) in [5, 5.41) is 14.1. The van der Waals surface area contributed by atoms with Gasteiger partial charge in [-0.15, -0.1) is 10.2 Å². The Morgan fingerprint density at radius 1 is 1.12 bits per heavy atom. The van der Waals surface area contributed by atoms with Crippen molar-refractivity contribution in [2.45, 2.75) is 46.3 Å². The second-order valence-electron chi connectivity index (χ2n) is 8.01. The highest BCUT2D eigenvalue weighted by Gasteiger charge is 2.15. The number of hydrogen-bond donors (Lipinski definition) is 1. The van der Waals surface area contributed by atoms with Gasteiger partial charge in [-0.05, 0) is 42.3 Å². The van der Waals surface area contributed by atoms with E-state index in [9.17, 15) is 4.79 Å². The van der Waals surface area contributed by atoms with E-state index in [0.717, 1.165) is 53.2 Å². The number of tetrazole rings is 1. The molecule has 0 aliphatic heterocycles. The molecule has 9 nitrogen and oxygen atoms in total. The van der Waals surface area contributed by atoms with Gasteiger partial charge in [0, 0.05) is 23.7 Å². The van der Waals surface area contributed by atoms with Crippen molar-refractivity contribution in [3.63, 3.8) is 0 Å². The van der Waals surface area contributed by atoms with Crippen LogP contribution in [0.4, 0.5) is 0 Å². The van der Waals surface area contributed by atoms with Gasteiger partial charge in [-0.3, -0.25) is 9.36 Å². The number of aryl methyl sites for hydroxylation is 2. The maximum Gasteiger partial charge on any atom is 0.254 e. The summed E-state index contributed by atoms with van der Waals surface area (Å²) in [6, 6.07) is 15.1. The Hall–Kier alpha value is -4.01. The molecule has 0 amide bonds. The molecule has 9 heteroatoms. The predicted octanol–water partition coefficient (Wildman–Crippen LogP) is 3.71. The Kier molecular flexibility index (Phi) is 7.31. The number of methoxy groups -OCH3 is 1. The fourth-order valence-electron chi connectivity index (χ4n) is 3.80. The highest BCUT2D eigenvalue weighted by atomic mass is 16.5. The maximum atomic E-state index is 12.6. The van der Waals surface area contributed by atoms with E-state index >= 15 is 0 Å². The molecule has 2 aromatic carbocycles. The van der Waals surface area contributed by atoms with Crippen molar-refractivity contribution < 1.29 is 9.47 Å². The minimum absolute atomic E-state index is 0.0208. The van der Waals surface area contributed by atoms with Crippen molar-refractivity contribution in [1.29, 1.82) is 0 Å². The lowest BCUT2D eigenvalue weighted by atomic mass is 10.1. The van der Waals surface area contributed by atoms with E-state index in [1.807, 2.05) is 49.4 Å². The van der Waals surface area contributed by atoms with Gasteiger partial charge in [0.05, 0.1) is 19.2 Å². The Morgan fingerprint density at radius 3 is 2.65 bits per heavy atom. The standard InChI is InChI=1S/C25H28N6O3/c1-4-5-9-22-26-17(2)14-23(32)31(22)15-18-10-12-20(13-11-18)34-16-19-7-6-8-21(24(19)33-3)25-27-29-30-28-25/h6-8,10-14H,4-5,9,15-16H2,1-3H3,(H,27,28,29,30). The number of para-hydroxylation sites is 1. The highest BCUT2D eigenvalue weighted by Crippen LogP contribution is 2.31. The predicted molar refractivity (Wildman–Crippen MR) is 128 cm³/mol. The van der Waals surface area contributed by atoms with Crippen LogP contribution in [0.1, 0.15) is 42.4 Å². The minimum atomic E-state index is -0.0208. The number of rotatable bonds is 10. The molecule has 2 heterocycles.